The SMILES string of the molecule is CC1(C)OB(c2ccc(COC(=O)N(Cc3ccccc3)[C]3[CH][CH][C](CN=C([O-])CCCCCCCCCC[S-])[CH]3)cc2)OC1(C)C.[CH]1[CH][CH][CH][CH]1.[Fe+2]. The number of benzene rings is 2. The fourth-order valence-corrected chi connectivity index (χ4v) is 5.97. The molecule has 0 atom stereocenters. The molecule has 0 bridgehead atoms. The van der Waals surface area contributed by atoms with Crippen molar-refractivity contribution in [3.63, 3.8) is 0 Å². The zero-order valence-electron chi connectivity index (χ0n) is 31.8. The molecule has 0 aromatic heterocycles. The average Bonchev–Trinajstić information content (AvgIpc) is 3.91. The Labute approximate surface area is 337 Å². The molecule has 2 aromatic rings. The zero-order valence-corrected chi connectivity index (χ0v) is 33.7. The van der Waals surface area contributed by atoms with Crippen LogP contribution in [0.5, 0.6) is 0 Å². The first kappa shape index (κ1) is 45.4. The van der Waals surface area contributed by atoms with Gasteiger partial charge in [0.05, 0.1) is 17.2 Å². The van der Waals surface area contributed by atoms with Crippen LogP contribution in [0.4, 0.5) is 4.79 Å². The molecule has 1 heterocycles. The number of amides is 1. The number of rotatable bonds is 18. The Morgan fingerprint density at radius 2 is 1.36 bits per heavy atom. The minimum absolute atomic E-state index is 0. The van der Waals surface area contributed by atoms with Gasteiger partial charge in [0.25, 0.3) is 0 Å². The Morgan fingerprint density at radius 1 is 0.792 bits per heavy atom. The van der Waals surface area contributed by atoms with E-state index in [1.165, 1.54) is 25.7 Å². The van der Waals surface area contributed by atoms with E-state index in [0.717, 1.165) is 53.9 Å². The van der Waals surface area contributed by atoms with Crippen molar-refractivity contribution in [3.05, 3.63) is 129 Å². The van der Waals surface area contributed by atoms with E-state index >= 15 is 0 Å². The van der Waals surface area contributed by atoms with Crippen LogP contribution in [0.1, 0.15) is 96.6 Å². The van der Waals surface area contributed by atoms with Crippen molar-refractivity contribution in [2.75, 3.05) is 12.3 Å². The van der Waals surface area contributed by atoms with Crippen LogP contribution >= 0.6 is 0 Å². The fraction of sp³-hybridized carbons (Fsp3) is 0.442. The van der Waals surface area contributed by atoms with E-state index in [2.05, 4.69) is 4.99 Å². The Balaban J connectivity index is 0.00000116. The van der Waals surface area contributed by atoms with Crippen LogP contribution in [-0.2, 0) is 56.9 Å². The maximum absolute atomic E-state index is 13.5. The monoisotopic (exact) mass is 778 g/mol. The summed E-state index contributed by atoms with van der Waals surface area (Å²) in [6, 6.07) is 18.3. The Bertz CT molecular complexity index is 1320. The van der Waals surface area contributed by atoms with Crippen molar-refractivity contribution in [3.8, 4) is 0 Å². The van der Waals surface area contributed by atoms with E-state index < -0.39 is 24.4 Å². The van der Waals surface area contributed by atoms with Gasteiger partial charge in [-0.1, -0.05) is 99.5 Å². The summed E-state index contributed by atoms with van der Waals surface area (Å²) in [6.45, 7) is 8.90. The summed E-state index contributed by atoms with van der Waals surface area (Å²) < 4.78 is 18.1. The van der Waals surface area contributed by atoms with Crippen LogP contribution in [0, 0.1) is 63.3 Å². The molecule has 2 saturated carbocycles. The molecule has 0 unspecified atom stereocenters. The zero-order chi connectivity index (χ0) is 37.2. The van der Waals surface area contributed by atoms with Crippen molar-refractivity contribution < 1.29 is 41.0 Å². The maximum Gasteiger partial charge on any atom is 2.00 e. The van der Waals surface area contributed by atoms with Crippen molar-refractivity contribution in [1.29, 1.82) is 0 Å². The van der Waals surface area contributed by atoms with Gasteiger partial charge >= 0.3 is 30.3 Å². The second-order valence-corrected chi connectivity index (χ2v) is 14.8. The molecule has 1 saturated heterocycles. The molecule has 7 nitrogen and oxygen atoms in total. The number of unbranched alkanes of at least 4 members (excludes halogenated alkanes) is 7. The van der Waals surface area contributed by atoms with Crippen LogP contribution < -0.4 is 10.6 Å². The number of ether oxygens (including phenoxy) is 1. The maximum atomic E-state index is 13.5. The van der Waals surface area contributed by atoms with Crippen LogP contribution in [0.25, 0.3) is 0 Å². The fourth-order valence-electron chi connectivity index (χ4n) is 5.76. The first-order valence-electron chi connectivity index (χ1n) is 18.7. The number of hydrogen-bond acceptors (Lipinski definition) is 7. The molecule has 0 spiro atoms. The summed E-state index contributed by atoms with van der Waals surface area (Å²) in [5, 5.41) is 12.4. The van der Waals surface area contributed by atoms with E-state index in [0.29, 0.717) is 25.6 Å². The van der Waals surface area contributed by atoms with Gasteiger partial charge < -0.3 is 36.8 Å². The number of nitrogens with zero attached hydrogens (tertiary/aromatic N) is 2. The Kier molecular flexibility index (Phi) is 20.4. The van der Waals surface area contributed by atoms with E-state index in [9.17, 15) is 9.90 Å². The molecule has 2 aromatic carbocycles. The standard InChI is InChI=1S/C38H52BN2O5S.C5H5.Fe/c1-37(2)38(3,4)46-39(45-37)33-22-19-31(20-23-33)29-44-36(43)41(28-30-16-12-11-13-17-30)34-24-21-32(26-34)27-40-35(42)18-14-9-7-5-6-8-10-15-25-47;1-2-4-5-3-1;/h11-13,16-17,19-24,26,47H,5-10,14-15,18,25,27-29H2,1-4H3,(H,40,42);1-5H;/q;;+2/p-2. The third kappa shape index (κ3) is 15.6. The summed E-state index contributed by atoms with van der Waals surface area (Å²) in [7, 11) is -0.446. The predicted molar refractivity (Wildman–Crippen MR) is 211 cm³/mol. The number of carbonyl (C=O) groups is 1. The molecule has 5 rings (SSSR count). The average molecular weight is 779 g/mol. The summed E-state index contributed by atoms with van der Waals surface area (Å²) >= 11 is 4.99. The van der Waals surface area contributed by atoms with E-state index in [-0.39, 0.29) is 29.6 Å². The largest absolute Gasteiger partial charge is 2.00 e. The van der Waals surface area contributed by atoms with Crippen LogP contribution in [0.3, 0.4) is 0 Å². The normalized spacial score (nSPS) is 18.4. The molecular weight excluding hydrogens is 723 g/mol. The van der Waals surface area contributed by atoms with Gasteiger partial charge in [-0.2, -0.15) is 5.75 Å². The van der Waals surface area contributed by atoms with Gasteiger partial charge in [0, 0.05) is 19.0 Å². The van der Waals surface area contributed by atoms with Crippen molar-refractivity contribution in [2.45, 2.75) is 110 Å². The summed E-state index contributed by atoms with van der Waals surface area (Å²) in [5.41, 5.74) is 1.94. The third-order valence-corrected chi connectivity index (χ3v) is 9.95. The molecular formula is C43H55BFeN2O5S. The molecule has 53 heavy (non-hydrogen) atoms. The molecule has 3 aliphatic rings. The molecule has 284 valence electrons. The van der Waals surface area contributed by atoms with Gasteiger partial charge in [-0.15, -0.1) is 0 Å². The van der Waals surface area contributed by atoms with Gasteiger partial charge in [-0.05, 0) is 114 Å². The number of hydrogen-bond donors (Lipinski definition) is 0. The van der Waals surface area contributed by atoms with Crippen molar-refractivity contribution >= 4 is 37.2 Å². The van der Waals surface area contributed by atoms with Gasteiger partial charge in [0.15, 0.2) is 0 Å². The quantitative estimate of drug-likeness (QED) is 0.0508. The molecule has 2 aliphatic carbocycles. The second-order valence-electron chi connectivity index (χ2n) is 14.4. The Morgan fingerprint density at radius 3 is 1.94 bits per heavy atom. The molecule has 3 fully saturated rings. The predicted octanol–water partition coefficient (Wildman–Crippen LogP) is 7.69. The molecule has 1 amide bonds. The second kappa shape index (κ2) is 23.8. The first-order chi connectivity index (χ1) is 25.1. The molecule has 0 N–H and O–H groups in total. The smallest absolute Gasteiger partial charge is 0.862 e. The summed E-state index contributed by atoms with van der Waals surface area (Å²) in [4.78, 5) is 19.4. The number of aliphatic imine (C=N–C) groups is 1. The molecule has 1 aliphatic heterocycles. The van der Waals surface area contributed by atoms with Crippen LogP contribution in [0.2, 0.25) is 0 Å². The minimum Gasteiger partial charge on any atom is -0.862 e. The van der Waals surface area contributed by atoms with E-state index in [1.54, 1.807) is 4.90 Å². The topological polar surface area (TPSA) is 83.4 Å². The van der Waals surface area contributed by atoms with Crippen molar-refractivity contribution in [2.24, 2.45) is 4.99 Å². The summed E-state index contributed by atoms with van der Waals surface area (Å²) in [5.74, 6) is 1.68. The van der Waals surface area contributed by atoms with Gasteiger partial charge in [-0.3, -0.25) is 4.90 Å². The van der Waals surface area contributed by atoms with Gasteiger partial charge in [-0.25, -0.2) is 4.79 Å². The molecule has 10 heteroatoms. The van der Waals surface area contributed by atoms with Crippen LogP contribution in [0.15, 0.2) is 59.6 Å². The molecule has 10 radical (unpaired) electrons. The third-order valence-electron chi connectivity index (χ3n) is 9.66. The number of carbonyl (C=O) groups excluding carboxylic acids is 1. The minimum atomic E-state index is -0.450. The van der Waals surface area contributed by atoms with Crippen LogP contribution in [-0.4, -0.2) is 47.5 Å². The summed E-state index contributed by atoms with van der Waals surface area (Å²) in [6.07, 6.45) is 24.9. The van der Waals surface area contributed by atoms with Crippen molar-refractivity contribution in [1.82, 2.24) is 4.90 Å². The van der Waals surface area contributed by atoms with Gasteiger partial charge in [0.2, 0.25) is 0 Å². The Hall–Kier alpha value is -1.97. The first-order valence-corrected chi connectivity index (χ1v) is 19.3. The van der Waals surface area contributed by atoms with E-state index in [4.69, 9.17) is 26.7 Å². The van der Waals surface area contributed by atoms with E-state index in [1.807, 2.05) is 134 Å². The van der Waals surface area contributed by atoms with Gasteiger partial charge in [0.1, 0.15) is 6.61 Å².